The van der Waals surface area contributed by atoms with E-state index in [0.717, 1.165) is 23.9 Å². The molecule has 3 nitrogen and oxygen atoms in total. The van der Waals surface area contributed by atoms with Crippen LogP contribution >= 0.6 is 23.1 Å². The second-order valence-corrected chi connectivity index (χ2v) is 5.19. The predicted octanol–water partition coefficient (Wildman–Crippen LogP) is 3.15. The molecule has 2 aromatic rings. The Bertz CT molecular complexity index is 546. The minimum atomic E-state index is -0.916. The van der Waals surface area contributed by atoms with Crippen LogP contribution in [0.4, 0.5) is 13.9 Å². The number of thiazole rings is 1. The first-order chi connectivity index (χ1) is 8.65. The second kappa shape index (κ2) is 5.92. The van der Waals surface area contributed by atoms with Gasteiger partial charge in [0.05, 0.1) is 5.75 Å². The zero-order valence-corrected chi connectivity index (χ0v) is 10.7. The van der Waals surface area contributed by atoms with Gasteiger partial charge in [-0.3, -0.25) is 4.79 Å². The monoisotopic (exact) mass is 286 g/mol. The van der Waals surface area contributed by atoms with E-state index in [9.17, 15) is 13.6 Å². The molecule has 0 aliphatic heterocycles. The first-order valence-electron chi connectivity index (χ1n) is 4.92. The van der Waals surface area contributed by atoms with Gasteiger partial charge in [-0.25, -0.2) is 13.8 Å². The van der Waals surface area contributed by atoms with E-state index in [-0.39, 0.29) is 11.7 Å². The summed E-state index contributed by atoms with van der Waals surface area (Å²) in [5, 5.41) is 4.87. The standard InChI is InChI=1S/C11H8F2N2OS2/c12-8-2-1-7(5-9(8)13)18-6-10(16)15-11-14-3-4-17-11/h1-5H,6H2,(H,14,15,16). The summed E-state index contributed by atoms with van der Waals surface area (Å²) in [5.41, 5.74) is 0. The molecule has 94 valence electrons. The number of nitrogens with one attached hydrogen (secondary N) is 1. The van der Waals surface area contributed by atoms with E-state index in [2.05, 4.69) is 10.3 Å². The lowest BCUT2D eigenvalue weighted by molar-refractivity contribution is -0.113. The molecule has 0 aliphatic carbocycles. The molecule has 0 fully saturated rings. The summed E-state index contributed by atoms with van der Waals surface area (Å²) in [6, 6.07) is 3.53. The van der Waals surface area contributed by atoms with Crippen LogP contribution in [0.15, 0.2) is 34.7 Å². The summed E-state index contributed by atoms with van der Waals surface area (Å²) in [5.74, 6) is -1.93. The molecule has 0 bridgehead atoms. The van der Waals surface area contributed by atoms with Crippen LogP contribution in [0.1, 0.15) is 0 Å². The molecule has 0 radical (unpaired) electrons. The van der Waals surface area contributed by atoms with E-state index in [0.29, 0.717) is 10.0 Å². The first-order valence-corrected chi connectivity index (χ1v) is 6.79. The Balaban J connectivity index is 1.87. The number of halogens is 2. The quantitative estimate of drug-likeness (QED) is 0.878. The summed E-state index contributed by atoms with van der Waals surface area (Å²) in [6.45, 7) is 0. The molecule has 7 heteroatoms. The number of aromatic nitrogens is 1. The molecular formula is C11H8F2N2OS2. The number of carbonyl (C=O) groups excluding carboxylic acids is 1. The minimum absolute atomic E-state index is 0.116. The third kappa shape index (κ3) is 3.51. The number of nitrogens with zero attached hydrogens (tertiary/aromatic N) is 1. The van der Waals surface area contributed by atoms with Crippen LogP contribution in [-0.4, -0.2) is 16.6 Å². The molecule has 1 aromatic heterocycles. The number of hydrogen-bond acceptors (Lipinski definition) is 4. The molecule has 1 aromatic carbocycles. The Morgan fingerprint density at radius 3 is 2.89 bits per heavy atom. The van der Waals surface area contributed by atoms with Crippen molar-refractivity contribution in [2.24, 2.45) is 0 Å². The van der Waals surface area contributed by atoms with Crippen LogP contribution in [0.25, 0.3) is 0 Å². The van der Waals surface area contributed by atoms with Gasteiger partial charge in [-0.1, -0.05) is 0 Å². The van der Waals surface area contributed by atoms with E-state index in [4.69, 9.17) is 0 Å². The lowest BCUT2D eigenvalue weighted by Gasteiger charge is -2.02. The Labute approximate surface area is 110 Å². The van der Waals surface area contributed by atoms with Gasteiger partial charge < -0.3 is 5.32 Å². The Kier molecular flexibility index (Phi) is 4.27. The second-order valence-electron chi connectivity index (χ2n) is 3.25. The van der Waals surface area contributed by atoms with Gasteiger partial charge >= 0.3 is 0 Å². The molecule has 1 N–H and O–H groups in total. The van der Waals surface area contributed by atoms with E-state index in [1.807, 2.05) is 0 Å². The van der Waals surface area contributed by atoms with Crippen molar-refractivity contribution in [3.05, 3.63) is 41.4 Å². The van der Waals surface area contributed by atoms with Gasteiger partial charge in [0, 0.05) is 16.5 Å². The maximum atomic E-state index is 12.9. The van der Waals surface area contributed by atoms with E-state index < -0.39 is 11.6 Å². The fourth-order valence-electron chi connectivity index (χ4n) is 1.16. The van der Waals surface area contributed by atoms with Crippen LogP contribution in [0.3, 0.4) is 0 Å². The molecule has 18 heavy (non-hydrogen) atoms. The smallest absolute Gasteiger partial charge is 0.236 e. The van der Waals surface area contributed by atoms with Crippen molar-refractivity contribution in [1.82, 2.24) is 4.98 Å². The number of rotatable bonds is 4. The average Bonchev–Trinajstić information content (AvgIpc) is 2.83. The molecular weight excluding hydrogens is 278 g/mol. The molecule has 0 aliphatic rings. The first kappa shape index (κ1) is 13.0. The molecule has 0 saturated carbocycles. The third-order valence-electron chi connectivity index (χ3n) is 1.94. The topological polar surface area (TPSA) is 42.0 Å². The van der Waals surface area contributed by atoms with Crippen LogP contribution < -0.4 is 5.32 Å². The van der Waals surface area contributed by atoms with Gasteiger partial charge in [-0.2, -0.15) is 0 Å². The number of carbonyl (C=O) groups is 1. The minimum Gasteiger partial charge on any atom is -0.301 e. The summed E-state index contributed by atoms with van der Waals surface area (Å²) < 4.78 is 25.6. The van der Waals surface area contributed by atoms with Crippen LogP contribution in [0.5, 0.6) is 0 Å². The molecule has 1 heterocycles. The van der Waals surface area contributed by atoms with Gasteiger partial charge in [-0.05, 0) is 18.2 Å². The van der Waals surface area contributed by atoms with Crippen molar-refractivity contribution in [2.75, 3.05) is 11.1 Å². The lowest BCUT2D eigenvalue weighted by atomic mass is 10.3. The molecule has 0 atom stereocenters. The molecule has 0 spiro atoms. The SMILES string of the molecule is O=C(CSc1ccc(F)c(F)c1)Nc1nccs1. The van der Waals surface area contributed by atoms with Crippen LogP contribution in [0, 0.1) is 11.6 Å². The van der Waals surface area contributed by atoms with Crippen molar-refractivity contribution in [1.29, 1.82) is 0 Å². The fraction of sp³-hybridized carbons (Fsp3) is 0.0909. The van der Waals surface area contributed by atoms with Crippen LogP contribution in [-0.2, 0) is 4.79 Å². The summed E-state index contributed by atoms with van der Waals surface area (Å²) in [6.07, 6.45) is 1.59. The fourth-order valence-corrected chi connectivity index (χ4v) is 2.42. The van der Waals surface area contributed by atoms with Gasteiger partial charge in [0.1, 0.15) is 0 Å². The Morgan fingerprint density at radius 2 is 2.22 bits per heavy atom. The highest BCUT2D eigenvalue weighted by Gasteiger charge is 2.07. The normalized spacial score (nSPS) is 10.3. The maximum Gasteiger partial charge on any atom is 0.236 e. The van der Waals surface area contributed by atoms with Gasteiger partial charge in [0.15, 0.2) is 16.8 Å². The van der Waals surface area contributed by atoms with E-state index >= 15 is 0 Å². The third-order valence-corrected chi connectivity index (χ3v) is 3.62. The number of thioether (sulfide) groups is 1. The molecule has 2 rings (SSSR count). The van der Waals surface area contributed by atoms with E-state index in [1.165, 1.54) is 17.4 Å². The van der Waals surface area contributed by atoms with Gasteiger partial charge in [-0.15, -0.1) is 23.1 Å². The zero-order chi connectivity index (χ0) is 13.0. The van der Waals surface area contributed by atoms with Crippen LogP contribution in [0.2, 0.25) is 0 Å². The van der Waals surface area contributed by atoms with Gasteiger partial charge in [0.2, 0.25) is 5.91 Å². The lowest BCUT2D eigenvalue weighted by Crippen LogP contribution is -2.13. The maximum absolute atomic E-state index is 12.9. The Hall–Kier alpha value is -1.47. The molecule has 0 saturated heterocycles. The summed E-state index contributed by atoms with van der Waals surface area (Å²) >= 11 is 2.45. The number of anilines is 1. The predicted molar refractivity (Wildman–Crippen MR) is 67.8 cm³/mol. The highest BCUT2D eigenvalue weighted by atomic mass is 32.2. The van der Waals surface area contributed by atoms with Gasteiger partial charge in [0.25, 0.3) is 0 Å². The van der Waals surface area contributed by atoms with E-state index in [1.54, 1.807) is 11.6 Å². The average molecular weight is 286 g/mol. The van der Waals surface area contributed by atoms with Crippen molar-refractivity contribution in [3.8, 4) is 0 Å². The van der Waals surface area contributed by atoms with Crippen molar-refractivity contribution >= 4 is 34.1 Å². The molecule has 0 unspecified atom stereocenters. The largest absolute Gasteiger partial charge is 0.301 e. The highest BCUT2D eigenvalue weighted by molar-refractivity contribution is 8.00. The number of amides is 1. The summed E-state index contributed by atoms with van der Waals surface area (Å²) in [7, 11) is 0. The Morgan fingerprint density at radius 1 is 1.39 bits per heavy atom. The van der Waals surface area contributed by atoms with Crippen molar-refractivity contribution < 1.29 is 13.6 Å². The van der Waals surface area contributed by atoms with Crippen molar-refractivity contribution in [2.45, 2.75) is 4.90 Å². The zero-order valence-electron chi connectivity index (χ0n) is 9.02. The number of hydrogen-bond donors (Lipinski definition) is 1. The number of benzene rings is 1. The molecule has 1 amide bonds. The summed E-state index contributed by atoms with van der Waals surface area (Å²) in [4.78, 5) is 15.9. The van der Waals surface area contributed by atoms with Crippen molar-refractivity contribution in [3.63, 3.8) is 0 Å². The highest BCUT2D eigenvalue weighted by Crippen LogP contribution is 2.20.